The second-order valence-electron chi connectivity index (χ2n) is 10.6. The number of hydrogen-bond donors (Lipinski definition) is 3. The lowest BCUT2D eigenvalue weighted by atomic mass is 9.57. The number of nitrogens with one attached hydrogen (secondary N) is 3. The molecule has 2 amide bonds. The van der Waals surface area contributed by atoms with E-state index >= 15 is 4.39 Å². The molecule has 0 aliphatic carbocycles. The Morgan fingerprint density at radius 2 is 1.85 bits per heavy atom. The second-order valence-corrected chi connectivity index (χ2v) is 11.5. The van der Waals surface area contributed by atoms with Crippen molar-refractivity contribution in [3.63, 3.8) is 0 Å². The highest BCUT2D eigenvalue weighted by Crippen LogP contribution is 2.61. The van der Waals surface area contributed by atoms with Gasteiger partial charge in [0.1, 0.15) is 11.2 Å². The summed E-state index contributed by atoms with van der Waals surface area (Å²) >= 11 is 12.6. The molecule has 4 heterocycles. The maximum Gasteiger partial charge on any atom is 0.237 e. The number of morpholine rings is 1. The number of halogens is 3. The number of amides is 2. The van der Waals surface area contributed by atoms with Gasteiger partial charge in [-0.1, -0.05) is 41.4 Å². The summed E-state index contributed by atoms with van der Waals surface area (Å²) in [5, 5.41) is 10.1. The van der Waals surface area contributed by atoms with E-state index in [1.807, 2.05) is 6.07 Å². The average Bonchev–Trinajstić information content (AvgIpc) is 3.38. The minimum absolute atomic E-state index is 0.0585. The van der Waals surface area contributed by atoms with E-state index in [2.05, 4.69) is 20.9 Å². The van der Waals surface area contributed by atoms with Gasteiger partial charge < -0.3 is 20.1 Å². The van der Waals surface area contributed by atoms with Crippen LogP contribution in [0.3, 0.4) is 0 Å². The standard InChI is InChI=1S/C28H31Cl2FN4O4/c29-17-4-5-19-21(16-17)33-26(37)28(19)22(18-2-1-3-20(30)23(18)31)24(34-27(28)6-12-38-13-7-27)25(36)32-8-9-35-10-14-39-15-11-35/h1-5,16,22,24,34H,6-15H2,(H,32,36)(H,33,37)/t22-,24+,28+/m0/s1. The molecule has 2 aromatic rings. The minimum atomic E-state index is -1.30. The van der Waals surface area contributed by atoms with Crippen molar-refractivity contribution >= 4 is 40.7 Å². The highest BCUT2D eigenvalue weighted by Gasteiger charge is 2.72. The predicted octanol–water partition coefficient (Wildman–Crippen LogP) is 3.08. The Kier molecular flexibility index (Phi) is 7.33. The predicted molar refractivity (Wildman–Crippen MR) is 146 cm³/mol. The molecule has 3 N–H and O–H groups in total. The lowest BCUT2D eigenvalue weighted by Crippen LogP contribution is -2.62. The van der Waals surface area contributed by atoms with E-state index in [1.54, 1.807) is 24.3 Å². The Morgan fingerprint density at radius 1 is 1.10 bits per heavy atom. The topological polar surface area (TPSA) is 91.9 Å². The van der Waals surface area contributed by atoms with E-state index < -0.39 is 28.7 Å². The maximum absolute atomic E-state index is 15.9. The molecule has 2 spiro atoms. The first kappa shape index (κ1) is 26.9. The van der Waals surface area contributed by atoms with Gasteiger partial charge in [-0.15, -0.1) is 0 Å². The molecule has 0 radical (unpaired) electrons. The van der Waals surface area contributed by atoms with Crippen molar-refractivity contribution in [1.82, 2.24) is 15.5 Å². The molecule has 39 heavy (non-hydrogen) atoms. The fourth-order valence-corrected chi connectivity index (χ4v) is 7.41. The van der Waals surface area contributed by atoms with Crippen LogP contribution < -0.4 is 16.0 Å². The molecule has 0 bridgehead atoms. The first-order valence-electron chi connectivity index (χ1n) is 13.4. The van der Waals surface area contributed by atoms with Gasteiger partial charge in [0, 0.05) is 61.6 Å². The van der Waals surface area contributed by atoms with Crippen molar-refractivity contribution in [1.29, 1.82) is 0 Å². The highest BCUT2D eigenvalue weighted by molar-refractivity contribution is 6.31. The van der Waals surface area contributed by atoms with E-state index in [9.17, 15) is 9.59 Å². The normalized spacial score (nSPS) is 28.0. The number of benzene rings is 2. The molecule has 3 saturated heterocycles. The van der Waals surface area contributed by atoms with E-state index in [0.717, 1.165) is 13.1 Å². The molecule has 4 aliphatic heterocycles. The number of carbonyl (C=O) groups is 2. The number of hydrogen-bond acceptors (Lipinski definition) is 6. The van der Waals surface area contributed by atoms with Gasteiger partial charge in [-0.05, 0) is 42.2 Å². The molecule has 3 fully saturated rings. The van der Waals surface area contributed by atoms with Gasteiger partial charge in [0.05, 0.1) is 24.3 Å². The average molecular weight is 577 g/mol. The molecule has 4 aliphatic rings. The number of carbonyl (C=O) groups excluding carboxylic acids is 2. The maximum atomic E-state index is 15.9. The number of fused-ring (bicyclic) bond motifs is 3. The van der Waals surface area contributed by atoms with E-state index in [-0.39, 0.29) is 22.4 Å². The van der Waals surface area contributed by atoms with Gasteiger partial charge in [-0.25, -0.2) is 4.39 Å². The summed E-state index contributed by atoms with van der Waals surface area (Å²) < 4.78 is 27.0. The van der Waals surface area contributed by atoms with Crippen molar-refractivity contribution in [2.24, 2.45) is 0 Å². The zero-order chi connectivity index (χ0) is 27.2. The van der Waals surface area contributed by atoms with Crippen LogP contribution in [-0.2, 0) is 24.5 Å². The minimum Gasteiger partial charge on any atom is -0.381 e. The summed E-state index contributed by atoms with van der Waals surface area (Å²) in [6.45, 7) is 4.84. The van der Waals surface area contributed by atoms with Crippen LogP contribution >= 0.6 is 23.2 Å². The number of rotatable bonds is 5. The number of ether oxygens (including phenoxy) is 2. The van der Waals surface area contributed by atoms with Crippen LogP contribution in [0.2, 0.25) is 10.0 Å². The molecular formula is C28H31Cl2FN4O4. The smallest absolute Gasteiger partial charge is 0.237 e. The summed E-state index contributed by atoms with van der Waals surface area (Å²) in [7, 11) is 0. The van der Waals surface area contributed by atoms with Gasteiger partial charge in [0.2, 0.25) is 11.8 Å². The third-order valence-corrected chi connectivity index (χ3v) is 9.30. The van der Waals surface area contributed by atoms with E-state index in [1.165, 1.54) is 6.07 Å². The summed E-state index contributed by atoms with van der Waals surface area (Å²) in [5.41, 5.74) is -0.668. The summed E-state index contributed by atoms with van der Waals surface area (Å²) in [6, 6.07) is 9.12. The molecule has 8 nitrogen and oxygen atoms in total. The molecule has 6 rings (SSSR count). The Hall–Kier alpha value is -2.27. The van der Waals surface area contributed by atoms with Crippen molar-refractivity contribution in [2.75, 3.05) is 57.9 Å². The van der Waals surface area contributed by atoms with Gasteiger partial charge >= 0.3 is 0 Å². The van der Waals surface area contributed by atoms with Crippen LogP contribution in [0.15, 0.2) is 36.4 Å². The quantitative estimate of drug-likeness (QED) is 0.506. The lowest BCUT2D eigenvalue weighted by molar-refractivity contribution is -0.125. The molecule has 0 aromatic heterocycles. The first-order valence-corrected chi connectivity index (χ1v) is 14.1. The van der Waals surface area contributed by atoms with E-state index in [4.69, 9.17) is 32.7 Å². The summed E-state index contributed by atoms with van der Waals surface area (Å²) in [6.07, 6.45) is 0.942. The lowest BCUT2D eigenvalue weighted by Gasteiger charge is -2.46. The molecule has 3 atom stereocenters. The Labute approximate surface area is 236 Å². The van der Waals surface area contributed by atoms with Gasteiger partial charge in [-0.2, -0.15) is 0 Å². The molecular weight excluding hydrogens is 546 g/mol. The Bertz CT molecular complexity index is 1280. The van der Waals surface area contributed by atoms with Crippen LogP contribution in [0.1, 0.15) is 29.9 Å². The third-order valence-electron chi connectivity index (χ3n) is 8.78. The monoisotopic (exact) mass is 576 g/mol. The third kappa shape index (κ3) is 4.34. The zero-order valence-electron chi connectivity index (χ0n) is 21.4. The Morgan fingerprint density at radius 3 is 2.62 bits per heavy atom. The van der Waals surface area contributed by atoms with Crippen molar-refractivity contribution in [2.45, 2.75) is 35.8 Å². The van der Waals surface area contributed by atoms with Crippen LogP contribution in [0.25, 0.3) is 0 Å². The fraction of sp³-hybridized carbons (Fsp3) is 0.500. The first-order chi connectivity index (χ1) is 18.9. The summed E-state index contributed by atoms with van der Waals surface area (Å²) in [4.78, 5) is 30.4. The van der Waals surface area contributed by atoms with Gasteiger partial charge in [-0.3, -0.25) is 19.8 Å². The molecule has 208 valence electrons. The van der Waals surface area contributed by atoms with Gasteiger partial charge in [0.15, 0.2) is 0 Å². The van der Waals surface area contributed by atoms with Crippen LogP contribution in [0, 0.1) is 5.82 Å². The van der Waals surface area contributed by atoms with Crippen LogP contribution in [0.5, 0.6) is 0 Å². The van der Waals surface area contributed by atoms with Crippen molar-refractivity contribution in [3.8, 4) is 0 Å². The van der Waals surface area contributed by atoms with Crippen molar-refractivity contribution in [3.05, 3.63) is 63.4 Å². The van der Waals surface area contributed by atoms with Crippen LogP contribution in [0.4, 0.5) is 10.1 Å². The fourth-order valence-electron chi connectivity index (χ4n) is 7.05. The van der Waals surface area contributed by atoms with Crippen molar-refractivity contribution < 1.29 is 23.5 Å². The van der Waals surface area contributed by atoms with Crippen LogP contribution in [-0.4, -0.2) is 80.9 Å². The van der Waals surface area contributed by atoms with Gasteiger partial charge in [0.25, 0.3) is 0 Å². The molecule has 11 heteroatoms. The second kappa shape index (κ2) is 10.6. The summed E-state index contributed by atoms with van der Waals surface area (Å²) in [5.74, 6) is -2.08. The number of anilines is 1. The molecule has 0 unspecified atom stereocenters. The Balaban J connectivity index is 1.45. The molecule has 2 aromatic carbocycles. The molecule has 0 saturated carbocycles. The largest absolute Gasteiger partial charge is 0.381 e. The SMILES string of the molecule is O=C(NCCN1CCOCC1)[C@@H]1NC2(CCOCC2)[C@@]2(C(=O)Nc3cc(Cl)ccc32)[C@H]1c1cccc(Cl)c1F. The highest BCUT2D eigenvalue weighted by atomic mass is 35.5. The van der Waals surface area contributed by atoms with E-state index in [0.29, 0.717) is 68.6 Å². The number of nitrogens with zero attached hydrogens (tertiary/aromatic N) is 1. The zero-order valence-corrected chi connectivity index (χ0v) is 22.9.